The lowest BCUT2D eigenvalue weighted by Gasteiger charge is -2.19. The summed E-state index contributed by atoms with van der Waals surface area (Å²) < 4.78 is 5.40. The van der Waals surface area contributed by atoms with E-state index in [0.717, 1.165) is 6.61 Å². The third kappa shape index (κ3) is 2.21. The van der Waals surface area contributed by atoms with Gasteiger partial charge in [-0.15, -0.1) is 0 Å². The quantitative estimate of drug-likeness (QED) is 0.816. The SMILES string of the molecule is CCOCC(N)C1CCc2ccccc21. The first kappa shape index (κ1) is 10.7. The van der Waals surface area contributed by atoms with E-state index in [1.807, 2.05) is 6.92 Å². The van der Waals surface area contributed by atoms with Gasteiger partial charge in [-0.25, -0.2) is 0 Å². The van der Waals surface area contributed by atoms with E-state index in [4.69, 9.17) is 10.5 Å². The van der Waals surface area contributed by atoms with E-state index in [-0.39, 0.29) is 6.04 Å². The molecule has 0 fully saturated rings. The molecule has 0 radical (unpaired) electrons. The predicted molar refractivity (Wildman–Crippen MR) is 62.0 cm³/mol. The summed E-state index contributed by atoms with van der Waals surface area (Å²) in [5.41, 5.74) is 9.06. The van der Waals surface area contributed by atoms with Crippen molar-refractivity contribution in [3.05, 3.63) is 35.4 Å². The van der Waals surface area contributed by atoms with Crippen molar-refractivity contribution in [2.75, 3.05) is 13.2 Å². The Labute approximate surface area is 91.4 Å². The number of rotatable bonds is 4. The molecule has 1 aromatic carbocycles. The molecule has 0 saturated carbocycles. The highest BCUT2D eigenvalue weighted by molar-refractivity contribution is 5.35. The third-order valence-electron chi connectivity index (χ3n) is 3.21. The molecule has 1 aromatic rings. The molecular weight excluding hydrogens is 186 g/mol. The van der Waals surface area contributed by atoms with Crippen LogP contribution >= 0.6 is 0 Å². The fourth-order valence-corrected chi connectivity index (χ4v) is 2.40. The summed E-state index contributed by atoms with van der Waals surface area (Å²) in [5.74, 6) is 0.493. The Hall–Kier alpha value is -0.860. The molecule has 0 bridgehead atoms. The Bertz CT molecular complexity index is 324. The van der Waals surface area contributed by atoms with E-state index in [9.17, 15) is 0 Å². The molecule has 15 heavy (non-hydrogen) atoms. The molecule has 2 unspecified atom stereocenters. The topological polar surface area (TPSA) is 35.2 Å². The van der Waals surface area contributed by atoms with Gasteiger partial charge in [0.2, 0.25) is 0 Å². The van der Waals surface area contributed by atoms with Crippen LogP contribution in [0.4, 0.5) is 0 Å². The van der Waals surface area contributed by atoms with E-state index in [1.54, 1.807) is 0 Å². The van der Waals surface area contributed by atoms with Gasteiger partial charge in [0.1, 0.15) is 0 Å². The molecule has 2 rings (SSSR count). The molecule has 0 heterocycles. The zero-order chi connectivity index (χ0) is 10.7. The lowest BCUT2D eigenvalue weighted by molar-refractivity contribution is 0.126. The van der Waals surface area contributed by atoms with Gasteiger partial charge >= 0.3 is 0 Å². The molecule has 1 aliphatic carbocycles. The standard InChI is InChI=1S/C13H19NO/c1-2-15-9-13(14)12-8-7-10-5-3-4-6-11(10)12/h3-6,12-13H,2,7-9,14H2,1H3. The normalized spacial score (nSPS) is 21.3. The van der Waals surface area contributed by atoms with Crippen LogP contribution in [-0.2, 0) is 11.2 Å². The van der Waals surface area contributed by atoms with E-state index in [0.29, 0.717) is 12.5 Å². The zero-order valence-corrected chi connectivity index (χ0v) is 9.28. The second-order valence-electron chi connectivity index (χ2n) is 4.17. The summed E-state index contributed by atoms with van der Waals surface area (Å²) in [4.78, 5) is 0. The van der Waals surface area contributed by atoms with Crippen molar-refractivity contribution in [2.45, 2.75) is 31.7 Å². The number of nitrogens with two attached hydrogens (primary N) is 1. The van der Waals surface area contributed by atoms with E-state index in [2.05, 4.69) is 24.3 Å². The van der Waals surface area contributed by atoms with Crippen LogP contribution in [-0.4, -0.2) is 19.3 Å². The van der Waals surface area contributed by atoms with E-state index in [1.165, 1.54) is 24.0 Å². The Morgan fingerprint density at radius 2 is 2.27 bits per heavy atom. The minimum Gasteiger partial charge on any atom is -0.380 e. The van der Waals surface area contributed by atoms with Gasteiger partial charge in [-0.2, -0.15) is 0 Å². The van der Waals surface area contributed by atoms with Crippen LogP contribution in [0.3, 0.4) is 0 Å². The first-order valence-electron chi connectivity index (χ1n) is 5.74. The molecule has 0 spiro atoms. The summed E-state index contributed by atoms with van der Waals surface area (Å²) in [6, 6.07) is 8.77. The zero-order valence-electron chi connectivity index (χ0n) is 9.28. The maximum Gasteiger partial charge on any atom is 0.0623 e. The Balaban J connectivity index is 2.06. The van der Waals surface area contributed by atoms with Crippen molar-refractivity contribution >= 4 is 0 Å². The fraction of sp³-hybridized carbons (Fsp3) is 0.538. The van der Waals surface area contributed by atoms with Gasteiger partial charge in [-0.3, -0.25) is 0 Å². The maximum atomic E-state index is 6.15. The molecule has 0 aliphatic heterocycles. The van der Waals surface area contributed by atoms with Crippen molar-refractivity contribution in [3.8, 4) is 0 Å². The van der Waals surface area contributed by atoms with Crippen LogP contribution in [0, 0.1) is 0 Å². The molecule has 2 N–H and O–H groups in total. The van der Waals surface area contributed by atoms with Gasteiger partial charge in [-0.05, 0) is 30.9 Å². The smallest absolute Gasteiger partial charge is 0.0623 e. The van der Waals surface area contributed by atoms with Crippen molar-refractivity contribution < 1.29 is 4.74 Å². The van der Waals surface area contributed by atoms with Gasteiger partial charge < -0.3 is 10.5 Å². The van der Waals surface area contributed by atoms with E-state index >= 15 is 0 Å². The first-order chi connectivity index (χ1) is 7.33. The van der Waals surface area contributed by atoms with Crippen LogP contribution in [0.2, 0.25) is 0 Å². The number of benzene rings is 1. The van der Waals surface area contributed by atoms with Crippen molar-refractivity contribution in [3.63, 3.8) is 0 Å². The van der Waals surface area contributed by atoms with Crippen LogP contribution in [0.5, 0.6) is 0 Å². The number of aryl methyl sites for hydroxylation is 1. The molecule has 82 valence electrons. The highest BCUT2D eigenvalue weighted by atomic mass is 16.5. The number of ether oxygens (including phenoxy) is 1. The monoisotopic (exact) mass is 205 g/mol. The minimum atomic E-state index is 0.147. The summed E-state index contributed by atoms with van der Waals surface area (Å²) >= 11 is 0. The van der Waals surface area contributed by atoms with Crippen molar-refractivity contribution in [1.82, 2.24) is 0 Å². The molecular formula is C13H19NO. The Morgan fingerprint density at radius 3 is 3.07 bits per heavy atom. The highest BCUT2D eigenvalue weighted by Gasteiger charge is 2.26. The Kier molecular flexibility index (Phi) is 3.39. The summed E-state index contributed by atoms with van der Waals surface area (Å²) in [6.07, 6.45) is 2.34. The first-order valence-corrected chi connectivity index (χ1v) is 5.74. The van der Waals surface area contributed by atoms with Gasteiger partial charge in [0.25, 0.3) is 0 Å². The van der Waals surface area contributed by atoms with Gasteiger partial charge in [0, 0.05) is 18.6 Å². The minimum absolute atomic E-state index is 0.147. The number of hydrogen-bond acceptors (Lipinski definition) is 2. The largest absolute Gasteiger partial charge is 0.380 e. The summed E-state index contributed by atoms with van der Waals surface area (Å²) in [6.45, 7) is 3.44. The molecule has 0 saturated heterocycles. The predicted octanol–water partition coefficient (Wildman–Crippen LogP) is 2.08. The summed E-state index contributed by atoms with van der Waals surface area (Å²) in [5, 5.41) is 0. The lowest BCUT2D eigenvalue weighted by atomic mass is 9.94. The lowest BCUT2D eigenvalue weighted by Crippen LogP contribution is -2.32. The highest BCUT2D eigenvalue weighted by Crippen LogP contribution is 2.34. The van der Waals surface area contributed by atoms with Crippen LogP contribution in [0.25, 0.3) is 0 Å². The average Bonchev–Trinajstić information content (AvgIpc) is 2.69. The van der Waals surface area contributed by atoms with Crippen LogP contribution < -0.4 is 5.73 Å². The molecule has 2 heteroatoms. The van der Waals surface area contributed by atoms with Crippen LogP contribution in [0.1, 0.15) is 30.4 Å². The van der Waals surface area contributed by atoms with Gasteiger partial charge in [-0.1, -0.05) is 24.3 Å². The fourth-order valence-electron chi connectivity index (χ4n) is 2.40. The molecule has 1 aliphatic rings. The molecule has 2 atom stereocenters. The van der Waals surface area contributed by atoms with Gasteiger partial charge in [0.05, 0.1) is 6.61 Å². The second kappa shape index (κ2) is 4.77. The molecule has 0 amide bonds. The second-order valence-corrected chi connectivity index (χ2v) is 4.17. The molecule has 2 nitrogen and oxygen atoms in total. The van der Waals surface area contributed by atoms with Crippen molar-refractivity contribution in [1.29, 1.82) is 0 Å². The maximum absolute atomic E-state index is 6.15. The Morgan fingerprint density at radius 1 is 1.47 bits per heavy atom. The third-order valence-corrected chi connectivity index (χ3v) is 3.21. The molecule has 0 aromatic heterocycles. The number of fused-ring (bicyclic) bond motifs is 1. The van der Waals surface area contributed by atoms with E-state index < -0.39 is 0 Å². The van der Waals surface area contributed by atoms with Crippen molar-refractivity contribution in [2.24, 2.45) is 5.73 Å². The average molecular weight is 205 g/mol. The van der Waals surface area contributed by atoms with Gasteiger partial charge in [0.15, 0.2) is 0 Å². The summed E-state index contributed by atoms with van der Waals surface area (Å²) in [7, 11) is 0. The van der Waals surface area contributed by atoms with Crippen LogP contribution in [0.15, 0.2) is 24.3 Å². The number of hydrogen-bond donors (Lipinski definition) is 1.